The van der Waals surface area contributed by atoms with Crippen LogP contribution in [-0.2, 0) is 13.0 Å². The second-order valence-corrected chi connectivity index (χ2v) is 4.90. The highest BCUT2D eigenvalue weighted by Crippen LogP contribution is 2.29. The van der Waals surface area contributed by atoms with Gasteiger partial charge in [0.05, 0.1) is 12.2 Å². The minimum absolute atomic E-state index is 0.146. The zero-order valence-electron chi connectivity index (χ0n) is 10.7. The van der Waals surface area contributed by atoms with Gasteiger partial charge in [0.1, 0.15) is 11.6 Å². The van der Waals surface area contributed by atoms with Crippen molar-refractivity contribution in [3.05, 3.63) is 46.5 Å². The van der Waals surface area contributed by atoms with Gasteiger partial charge in [-0.1, -0.05) is 12.1 Å². The Morgan fingerprint density at radius 3 is 3.10 bits per heavy atom. The summed E-state index contributed by atoms with van der Waals surface area (Å²) in [5.41, 5.74) is 1.77. The number of hydrogen-bond acceptors (Lipinski definition) is 4. The van der Waals surface area contributed by atoms with Crippen molar-refractivity contribution in [3.8, 4) is 5.88 Å². The van der Waals surface area contributed by atoms with Crippen LogP contribution in [0, 0.1) is 5.82 Å². The Labute approximate surface area is 121 Å². The zero-order valence-corrected chi connectivity index (χ0v) is 11.5. The van der Waals surface area contributed by atoms with E-state index >= 15 is 0 Å². The van der Waals surface area contributed by atoms with Crippen LogP contribution in [0.2, 0.25) is 5.28 Å². The quantitative estimate of drug-likeness (QED) is 0.883. The summed E-state index contributed by atoms with van der Waals surface area (Å²) in [6.45, 7) is 1.11. The molecule has 0 spiro atoms. The third kappa shape index (κ3) is 2.82. The number of hydrogen-bond donors (Lipinski definition) is 1. The first-order valence-electron chi connectivity index (χ1n) is 6.40. The first-order chi connectivity index (χ1) is 9.72. The maximum absolute atomic E-state index is 13.1. The molecule has 0 radical (unpaired) electrons. The molecule has 0 saturated carbocycles. The van der Waals surface area contributed by atoms with E-state index in [1.165, 1.54) is 12.1 Å². The second-order valence-electron chi connectivity index (χ2n) is 4.56. The fourth-order valence-electron chi connectivity index (χ4n) is 2.18. The van der Waals surface area contributed by atoms with Crippen LogP contribution in [0.25, 0.3) is 0 Å². The van der Waals surface area contributed by atoms with E-state index in [1.54, 1.807) is 6.07 Å². The van der Waals surface area contributed by atoms with Gasteiger partial charge in [-0.3, -0.25) is 0 Å². The van der Waals surface area contributed by atoms with E-state index in [1.807, 2.05) is 6.07 Å². The predicted octanol–water partition coefficient (Wildman–Crippen LogP) is 3.21. The molecule has 3 rings (SSSR count). The molecule has 1 N–H and O–H groups in total. The maximum atomic E-state index is 13.1. The molecule has 1 aliphatic heterocycles. The summed E-state index contributed by atoms with van der Waals surface area (Å²) >= 11 is 5.89. The highest BCUT2D eigenvalue weighted by atomic mass is 35.5. The molecule has 0 amide bonds. The van der Waals surface area contributed by atoms with Crippen LogP contribution in [0.4, 0.5) is 10.2 Å². The van der Waals surface area contributed by atoms with E-state index < -0.39 is 0 Å². The average Bonchev–Trinajstić information content (AvgIpc) is 2.44. The Morgan fingerprint density at radius 2 is 2.25 bits per heavy atom. The number of rotatable bonds is 3. The number of anilines is 1. The molecule has 1 aliphatic rings. The van der Waals surface area contributed by atoms with E-state index in [4.69, 9.17) is 16.3 Å². The standard InChI is InChI=1S/C14H13ClFN3O/c15-14-18-12(11-5-2-6-20-13(11)19-14)17-8-9-3-1-4-10(16)7-9/h1,3-4,7H,2,5-6,8H2,(H,17,18,19). The van der Waals surface area contributed by atoms with E-state index in [2.05, 4.69) is 15.3 Å². The second kappa shape index (κ2) is 5.63. The van der Waals surface area contributed by atoms with Crippen molar-refractivity contribution >= 4 is 17.4 Å². The molecule has 2 heterocycles. The Bertz CT molecular complexity index is 636. The molecule has 0 bridgehead atoms. The Hall–Kier alpha value is -1.88. The summed E-state index contributed by atoms with van der Waals surface area (Å²) in [4.78, 5) is 8.27. The third-order valence-corrected chi connectivity index (χ3v) is 3.27. The van der Waals surface area contributed by atoms with Crippen LogP contribution in [-0.4, -0.2) is 16.6 Å². The summed E-state index contributed by atoms with van der Waals surface area (Å²) < 4.78 is 18.6. The lowest BCUT2D eigenvalue weighted by atomic mass is 10.1. The van der Waals surface area contributed by atoms with Crippen LogP contribution in [0.15, 0.2) is 24.3 Å². The van der Waals surface area contributed by atoms with Crippen LogP contribution >= 0.6 is 11.6 Å². The first kappa shape index (κ1) is 13.1. The van der Waals surface area contributed by atoms with E-state index in [-0.39, 0.29) is 11.1 Å². The minimum atomic E-state index is -0.254. The van der Waals surface area contributed by atoms with Gasteiger partial charge in [-0.05, 0) is 42.1 Å². The lowest BCUT2D eigenvalue weighted by molar-refractivity contribution is 0.276. The number of halogens is 2. The van der Waals surface area contributed by atoms with Gasteiger partial charge in [0.25, 0.3) is 0 Å². The fraction of sp³-hybridized carbons (Fsp3) is 0.286. The summed E-state index contributed by atoms with van der Waals surface area (Å²) in [5.74, 6) is 0.942. The van der Waals surface area contributed by atoms with Gasteiger partial charge in [-0.25, -0.2) is 9.37 Å². The van der Waals surface area contributed by atoms with Gasteiger partial charge in [0.2, 0.25) is 11.2 Å². The molecular formula is C14H13ClFN3O. The number of nitrogens with one attached hydrogen (secondary N) is 1. The van der Waals surface area contributed by atoms with Crippen molar-refractivity contribution in [2.24, 2.45) is 0 Å². The van der Waals surface area contributed by atoms with E-state index in [9.17, 15) is 4.39 Å². The van der Waals surface area contributed by atoms with Crippen LogP contribution in [0.5, 0.6) is 5.88 Å². The van der Waals surface area contributed by atoms with E-state index in [0.717, 1.165) is 24.0 Å². The Balaban J connectivity index is 1.82. The number of ether oxygens (including phenoxy) is 1. The van der Waals surface area contributed by atoms with Gasteiger partial charge in [-0.2, -0.15) is 4.98 Å². The first-order valence-corrected chi connectivity index (χ1v) is 6.78. The molecule has 2 aromatic rings. The lowest BCUT2D eigenvalue weighted by Crippen LogP contribution is -2.14. The highest BCUT2D eigenvalue weighted by molar-refractivity contribution is 6.28. The average molecular weight is 294 g/mol. The van der Waals surface area contributed by atoms with Crippen molar-refractivity contribution < 1.29 is 9.13 Å². The molecule has 0 aliphatic carbocycles. The fourth-order valence-corrected chi connectivity index (χ4v) is 2.34. The number of nitrogens with zero attached hydrogens (tertiary/aromatic N) is 2. The monoisotopic (exact) mass is 293 g/mol. The van der Waals surface area contributed by atoms with Crippen molar-refractivity contribution in [2.75, 3.05) is 11.9 Å². The molecule has 20 heavy (non-hydrogen) atoms. The molecule has 6 heteroatoms. The number of benzene rings is 1. The van der Waals surface area contributed by atoms with Crippen molar-refractivity contribution in [3.63, 3.8) is 0 Å². The highest BCUT2D eigenvalue weighted by Gasteiger charge is 2.18. The molecule has 4 nitrogen and oxygen atoms in total. The zero-order chi connectivity index (χ0) is 13.9. The van der Waals surface area contributed by atoms with Crippen LogP contribution in [0.3, 0.4) is 0 Å². The Kier molecular flexibility index (Phi) is 3.69. The predicted molar refractivity (Wildman–Crippen MR) is 74.6 cm³/mol. The topological polar surface area (TPSA) is 47.0 Å². The van der Waals surface area contributed by atoms with Crippen LogP contribution < -0.4 is 10.1 Å². The Morgan fingerprint density at radius 1 is 1.35 bits per heavy atom. The largest absolute Gasteiger partial charge is 0.477 e. The third-order valence-electron chi connectivity index (χ3n) is 3.10. The van der Waals surface area contributed by atoms with Crippen LogP contribution in [0.1, 0.15) is 17.5 Å². The normalized spacial score (nSPS) is 13.5. The lowest BCUT2D eigenvalue weighted by Gasteiger charge is -2.19. The number of aromatic nitrogens is 2. The molecule has 1 aromatic carbocycles. The molecule has 0 atom stereocenters. The van der Waals surface area contributed by atoms with Crippen molar-refractivity contribution in [2.45, 2.75) is 19.4 Å². The van der Waals surface area contributed by atoms with Gasteiger partial charge < -0.3 is 10.1 Å². The van der Waals surface area contributed by atoms with Gasteiger partial charge in [0.15, 0.2) is 0 Å². The summed E-state index contributed by atoms with van der Waals surface area (Å²) in [6, 6.07) is 6.43. The van der Waals surface area contributed by atoms with E-state index in [0.29, 0.717) is 24.8 Å². The SMILES string of the molecule is Fc1cccc(CNc2nc(Cl)nc3c2CCCO3)c1. The molecule has 0 fully saturated rings. The maximum Gasteiger partial charge on any atom is 0.227 e. The molecule has 104 valence electrons. The van der Waals surface area contributed by atoms with Crippen molar-refractivity contribution in [1.29, 1.82) is 0 Å². The summed E-state index contributed by atoms with van der Waals surface area (Å²) in [6.07, 6.45) is 1.77. The van der Waals surface area contributed by atoms with Gasteiger partial charge in [0, 0.05) is 6.54 Å². The molecule has 0 saturated heterocycles. The molecule has 1 aromatic heterocycles. The minimum Gasteiger partial charge on any atom is -0.477 e. The van der Waals surface area contributed by atoms with Gasteiger partial charge >= 0.3 is 0 Å². The molecule has 0 unspecified atom stereocenters. The number of fused-ring (bicyclic) bond motifs is 1. The van der Waals surface area contributed by atoms with Crippen molar-refractivity contribution in [1.82, 2.24) is 9.97 Å². The summed E-state index contributed by atoms with van der Waals surface area (Å²) in [5, 5.41) is 3.32. The van der Waals surface area contributed by atoms with Gasteiger partial charge in [-0.15, -0.1) is 0 Å². The summed E-state index contributed by atoms with van der Waals surface area (Å²) in [7, 11) is 0. The smallest absolute Gasteiger partial charge is 0.227 e. The molecular weight excluding hydrogens is 281 g/mol.